The number of aliphatic hydroxyl groups is 1. The second-order valence-corrected chi connectivity index (χ2v) is 29.5. The number of primary amides is 1. The second kappa shape index (κ2) is 45.4. The molecule has 0 aliphatic carbocycles. The molecule has 6 N–H and O–H groups in total. The molecule has 0 aromatic heterocycles. The number of likely N-dealkylation sites (tertiary alicyclic amines) is 1. The van der Waals surface area contributed by atoms with Crippen LogP contribution in [0.4, 0.5) is 15.3 Å². The summed E-state index contributed by atoms with van der Waals surface area (Å²) in [7, 11) is 6.59. The van der Waals surface area contributed by atoms with Gasteiger partial charge in [0.1, 0.15) is 12.4 Å². The number of hydrogen-bond acceptors (Lipinski definition) is 17. The Morgan fingerprint density at radius 3 is 1.86 bits per heavy atom. The molecule has 2 aromatic carbocycles. The first kappa shape index (κ1) is 90.2. The molecule has 2 saturated heterocycles. The Balaban J connectivity index is 0.000000566. The number of carbonyl (C=O) groups is 12. The fourth-order valence-corrected chi connectivity index (χ4v) is 14.4. The first-order chi connectivity index (χ1) is 49.1. The molecule has 27 heteroatoms. The number of methoxy groups -OCH3 is 2. The van der Waals surface area contributed by atoms with Crippen molar-refractivity contribution in [1.29, 1.82) is 0 Å². The number of thioether (sulfide) groups is 1. The molecule has 2 aliphatic rings. The van der Waals surface area contributed by atoms with Crippen LogP contribution in [0.2, 0.25) is 0 Å². The fourth-order valence-electron chi connectivity index (χ4n) is 13.6. The first-order valence-electron chi connectivity index (χ1n) is 36.3. The summed E-state index contributed by atoms with van der Waals surface area (Å²) in [4.78, 5) is 163. The Bertz CT molecular complexity index is 3150. The minimum atomic E-state index is -0.916. The van der Waals surface area contributed by atoms with E-state index in [9.17, 15) is 62.6 Å². The molecule has 104 heavy (non-hydrogen) atoms. The SMILES string of the molecule is C=CC(=O)N1CN(C(=O)C=C)CN(C(=O)CCSCC(=O)N[C@H](C(=O)C[C@@H](CCCNC(N)=O)C(=O)Nc2ccc(COC(=O)N(C)[C@H](C(C)=O)C(C)C)cc2)C(C)C)C1.CC[C@H](C(=O)N(C)[C@@H]([C@@H](C)CC)[C@@H](CC(=O)N1CCC[C@H]1[C@H](OC)[C@@H](C)C(=O)C[C@H](C)[C@@H](O)c1ccccc1)OC)C(C)C. The van der Waals surface area contributed by atoms with Crippen LogP contribution in [0.1, 0.15) is 165 Å². The van der Waals surface area contributed by atoms with E-state index in [-0.39, 0.29) is 159 Å². The number of anilines is 1. The smallest absolute Gasteiger partial charge is 0.410 e. The molecule has 2 aromatic rings. The van der Waals surface area contributed by atoms with E-state index < -0.39 is 78.0 Å². The molecule has 4 rings (SSSR count). The van der Waals surface area contributed by atoms with Gasteiger partial charge in [0.25, 0.3) is 0 Å². The number of hydrogen-bond donors (Lipinski definition) is 5. The molecular weight excluding hydrogens is 1350 g/mol. The summed E-state index contributed by atoms with van der Waals surface area (Å²) in [5.74, 6) is -4.04. The van der Waals surface area contributed by atoms with E-state index in [0.717, 1.165) is 43.4 Å². The number of ether oxygens (including phenoxy) is 3. The molecule has 0 spiro atoms. The Morgan fingerprint density at radius 1 is 0.731 bits per heavy atom. The summed E-state index contributed by atoms with van der Waals surface area (Å²) in [5, 5.41) is 18.9. The van der Waals surface area contributed by atoms with Crippen molar-refractivity contribution in [2.75, 3.05) is 78.2 Å². The lowest BCUT2D eigenvalue weighted by atomic mass is 9.85. The highest BCUT2D eigenvalue weighted by molar-refractivity contribution is 7.99. The van der Waals surface area contributed by atoms with Gasteiger partial charge in [0, 0.05) is 89.9 Å². The zero-order valence-corrected chi connectivity index (χ0v) is 65.2. The number of nitrogens with zero attached hydrogens (tertiary/aromatic N) is 6. The quantitative estimate of drug-likeness (QED) is 0.0307. The minimum Gasteiger partial charge on any atom is -0.445 e. The van der Waals surface area contributed by atoms with Crippen molar-refractivity contribution in [3.05, 3.63) is 91.0 Å². The Morgan fingerprint density at radius 2 is 1.34 bits per heavy atom. The van der Waals surface area contributed by atoms with Gasteiger partial charge >= 0.3 is 12.1 Å². The number of urea groups is 1. The third-order valence-electron chi connectivity index (χ3n) is 19.7. The number of carbonyl (C=O) groups excluding carboxylic acids is 12. The monoisotopic (exact) mass is 1470 g/mol. The number of likely N-dealkylation sites (N-methyl/N-ethyl adjacent to an activating group) is 2. The van der Waals surface area contributed by atoms with Gasteiger partial charge in [-0.1, -0.05) is 138 Å². The van der Waals surface area contributed by atoms with Crippen molar-refractivity contribution in [2.45, 2.75) is 196 Å². The van der Waals surface area contributed by atoms with Crippen LogP contribution in [-0.4, -0.2) is 215 Å². The molecule has 0 bridgehead atoms. The maximum atomic E-state index is 13.9. The molecule has 0 radical (unpaired) electrons. The van der Waals surface area contributed by atoms with Gasteiger partial charge in [-0.3, -0.25) is 47.9 Å². The molecule has 10 amide bonds. The van der Waals surface area contributed by atoms with Crippen molar-refractivity contribution in [3.8, 4) is 0 Å². The Kier molecular flexibility index (Phi) is 39.4. The minimum absolute atomic E-state index is 0.0133. The highest BCUT2D eigenvalue weighted by Gasteiger charge is 2.43. The summed E-state index contributed by atoms with van der Waals surface area (Å²) in [6.07, 6.45) is 3.82. The number of Topliss-reactive ketones (excluding diaryl/α,β-unsaturated/α-hetero) is 3. The van der Waals surface area contributed by atoms with Crippen LogP contribution in [0.5, 0.6) is 0 Å². The van der Waals surface area contributed by atoms with Gasteiger partial charge < -0.3 is 70.4 Å². The van der Waals surface area contributed by atoms with Crippen molar-refractivity contribution >= 4 is 88.3 Å². The average Bonchev–Trinajstić information content (AvgIpc) is 1.44. The van der Waals surface area contributed by atoms with Gasteiger partial charge in [0.15, 0.2) is 11.6 Å². The van der Waals surface area contributed by atoms with Crippen molar-refractivity contribution in [1.82, 2.24) is 40.0 Å². The summed E-state index contributed by atoms with van der Waals surface area (Å²) in [5.41, 5.74) is 7.03. The van der Waals surface area contributed by atoms with Gasteiger partial charge in [-0.15, -0.1) is 0 Å². The number of nitrogens with two attached hydrogens (primary N) is 1. The highest BCUT2D eigenvalue weighted by atomic mass is 32.2. The predicted molar refractivity (Wildman–Crippen MR) is 401 cm³/mol. The third-order valence-corrected chi connectivity index (χ3v) is 20.6. The number of amides is 10. The van der Waals surface area contributed by atoms with Gasteiger partial charge in [0.2, 0.25) is 41.4 Å². The van der Waals surface area contributed by atoms with Gasteiger partial charge in [-0.25, -0.2) is 9.59 Å². The summed E-state index contributed by atoms with van der Waals surface area (Å²) in [6.45, 7) is 30.4. The van der Waals surface area contributed by atoms with Crippen LogP contribution in [0.15, 0.2) is 79.9 Å². The molecule has 26 nitrogen and oxygen atoms in total. The normalized spacial score (nSPS) is 16.9. The van der Waals surface area contributed by atoms with E-state index in [2.05, 4.69) is 56.8 Å². The van der Waals surface area contributed by atoms with E-state index in [0.29, 0.717) is 24.2 Å². The lowest BCUT2D eigenvalue weighted by Crippen LogP contribution is -2.59. The largest absolute Gasteiger partial charge is 0.445 e. The van der Waals surface area contributed by atoms with Gasteiger partial charge in [-0.2, -0.15) is 11.8 Å². The third kappa shape index (κ3) is 27.8. The average molecular weight is 1470 g/mol. The maximum absolute atomic E-state index is 13.9. The summed E-state index contributed by atoms with van der Waals surface area (Å²) < 4.78 is 17.3. The zero-order chi connectivity index (χ0) is 78.2. The zero-order valence-electron chi connectivity index (χ0n) is 64.4. The van der Waals surface area contributed by atoms with E-state index in [4.69, 9.17) is 19.9 Å². The van der Waals surface area contributed by atoms with Crippen LogP contribution in [0.3, 0.4) is 0 Å². The number of ketones is 3. The maximum Gasteiger partial charge on any atom is 0.410 e. The van der Waals surface area contributed by atoms with Crippen molar-refractivity contribution in [2.24, 2.45) is 53.1 Å². The fraction of sp³-hybridized carbons (Fsp3) is 0.636. The topological polar surface area (TPSA) is 334 Å². The molecule has 0 saturated carbocycles. The lowest BCUT2D eigenvalue weighted by molar-refractivity contribution is -0.154. The van der Waals surface area contributed by atoms with E-state index in [1.807, 2.05) is 81.8 Å². The van der Waals surface area contributed by atoms with E-state index >= 15 is 0 Å². The molecule has 580 valence electrons. The second-order valence-electron chi connectivity index (χ2n) is 28.4. The van der Waals surface area contributed by atoms with Crippen LogP contribution in [0, 0.1) is 47.3 Å². The molecular formula is C77H120N10O16S. The lowest BCUT2D eigenvalue weighted by Gasteiger charge is -2.41. The van der Waals surface area contributed by atoms with Crippen LogP contribution >= 0.6 is 11.8 Å². The van der Waals surface area contributed by atoms with E-state index in [1.165, 1.54) is 45.3 Å². The molecule has 12 atom stereocenters. The predicted octanol–water partition coefficient (Wildman–Crippen LogP) is 8.76. The van der Waals surface area contributed by atoms with Gasteiger partial charge in [0.05, 0.1) is 74.7 Å². The number of benzene rings is 2. The van der Waals surface area contributed by atoms with Crippen LogP contribution in [-0.2, 0) is 68.8 Å². The molecule has 2 heterocycles. The van der Waals surface area contributed by atoms with Crippen molar-refractivity contribution in [3.63, 3.8) is 0 Å². The first-order valence-corrected chi connectivity index (χ1v) is 37.5. The van der Waals surface area contributed by atoms with Crippen LogP contribution < -0.4 is 21.7 Å². The number of rotatable bonds is 41. The van der Waals surface area contributed by atoms with Crippen LogP contribution in [0.25, 0.3) is 0 Å². The van der Waals surface area contributed by atoms with Crippen molar-refractivity contribution < 1.29 is 76.9 Å². The number of nitrogens with one attached hydrogen (secondary N) is 3. The molecule has 2 aliphatic heterocycles. The summed E-state index contributed by atoms with van der Waals surface area (Å²) in [6, 6.07) is 13.2. The molecule has 0 unspecified atom stereocenters. The highest BCUT2D eigenvalue weighted by Crippen LogP contribution is 2.33. The summed E-state index contributed by atoms with van der Waals surface area (Å²) >= 11 is 1.18. The number of aliphatic hydroxyl groups excluding tert-OH is 1. The van der Waals surface area contributed by atoms with Gasteiger partial charge in [-0.05, 0) is 104 Å². The standard InChI is InChI=1S/C41H60N8O10S.C36H60N2O6/c1-9-34(53)47-23-48(35(54)10-2)25-49(24-47)36(55)17-19-60-22-33(52)45-37(26(3)4)32(51)20-30(12-11-18-43-40(42)57)39(56)44-31-15-13-29(14-16-31)21-59-41(58)46(8)38(27(5)6)28(7)50;1-11-24(5)33(37(8)36(42)28(12-2)23(3)4)31(43-9)22-32(40)38-20-16-19-29(38)35(44-10)26(7)30(39)21-25(6)34(41)27-17-14-13-15-18-27/h9-10,13-16,26-27,30,37-38H,1-2,11-12,17-25H2,3-8H3,(H,44,56)(H,45,52)(H3,42,43,57);13-15,17-18,23-26,28-29,31,33-35,41H,11-12,16,19-22H2,1-10H3/t30-,37+,38+;24-,25-,26-,28-,29-,31+,33-,34+,35+/m10/s1. The Hall–Kier alpha value is -8.01. The van der Waals surface area contributed by atoms with E-state index in [1.54, 1.807) is 52.3 Å². The Labute approximate surface area is 621 Å². The molecule has 2 fully saturated rings.